The number of piperidine rings is 1. The molecule has 0 aromatic rings. The molecule has 2 rings (SSSR count). The maximum absolute atomic E-state index is 13.5. The molecule has 2 fully saturated rings. The van der Waals surface area contributed by atoms with Crippen LogP contribution in [-0.4, -0.2) is 99.6 Å². The molecule has 50 heavy (non-hydrogen) atoms. The van der Waals surface area contributed by atoms with E-state index < -0.39 is 113 Å². The molecule has 2 saturated heterocycles. The van der Waals surface area contributed by atoms with Crippen LogP contribution in [0.5, 0.6) is 0 Å². The molecule has 2 aliphatic heterocycles. The number of halogens is 31. The molecule has 2 atom stereocenters. The van der Waals surface area contributed by atoms with Crippen molar-refractivity contribution in [1.29, 1.82) is 0 Å². The highest BCUT2D eigenvalue weighted by Crippen LogP contribution is 2.68. The average Bonchev–Trinajstić information content (AvgIpc) is 2.95. The normalized spacial score (nSPS) is 30.5. The van der Waals surface area contributed by atoms with E-state index in [-0.39, 0.29) is 0 Å². The smallest absolute Gasteiger partial charge is 0.229 e. The minimum absolute atomic E-state index is 1.34. The van der Waals surface area contributed by atoms with Crippen LogP contribution in [0.25, 0.3) is 0 Å². The molecule has 2 nitrogen and oxygen atoms in total. The minimum Gasteiger partial charge on any atom is -0.229 e. The zero-order valence-electron chi connectivity index (χ0n) is 21.8. The summed E-state index contributed by atoms with van der Waals surface area (Å²) >= 11 is 0. The van der Waals surface area contributed by atoms with E-state index in [0.717, 1.165) is 0 Å². The molecule has 2 heterocycles. The van der Waals surface area contributed by atoms with Crippen molar-refractivity contribution in [2.24, 2.45) is 0 Å². The highest BCUT2D eigenvalue weighted by atomic mass is 19.4. The fourth-order valence-electron chi connectivity index (χ4n) is 3.69. The lowest BCUT2D eigenvalue weighted by Gasteiger charge is -2.55. The lowest BCUT2D eigenvalue weighted by molar-refractivity contribution is -0.538. The summed E-state index contributed by atoms with van der Waals surface area (Å²) in [5.74, 6) is -30.3. The molecule has 0 aliphatic carbocycles. The number of hydrogen-bond acceptors (Lipinski definition) is 2. The van der Waals surface area contributed by atoms with Gasteiger partial charge in [0.25, 0.3) is 11.3 Å². The standard InChI is InChI=1S/C9H3F16N.C8H2F15N/c1-2(10)3(11,12)4(13,14)8(22,23)26(7(2,20)21)9(24,25)5(15,16)6(17,18)19;9-2(5(14,15)16)1-3(10,11)24(7(2,20)21)8(22,23)4(12,13)6(17,18)19/h1H3;1H2. The first kappa shape index (κ1) is 45.8. The van der Waals surface area contributed by atoms with Crippen LogP contribution in [0.1, 0.15) is 13.3 Å². The molecule has 0 N–H and O–H groups in total. The largest absolute Gasteiger partial charge is 0.461 e. The Labute approximate surface area is 250 Å². The number of likely N-dealkylation sites (tertiary alicyclic amines) is 2. The maximum Gasteiger partial charge on any atom is 0.461 e. The van der Waals surface area contributed by atoms with Gasteiger partial charge in [0.15, 0.2) is 0 Å². The third kappa shape index (κ3) is 5.44. The summed E-state index contributed by atoms with van der Waals surface area (Å²) in [6.45, 7) is -1.34. The van der Waals surface area contributed by atoms with Gasteiger partial charge in [-0.25, -0.2) is 8.78 Å². The Morgan fingerprint density at radius 1 is 0.400 bits per heavy atom. The van der Waals surface area contributed by atoms with Crippen molar-refractivity contribution in [1.82, 2.24) is 9.80 Å². The molecule has 0 aromatic carbocycles. The molecule has 0 radical (unpaired) electrons. The fraction of sp³-hybridized carbons (Fsp3) is 1.00. The van der Waals surface area contributed by atoms with Gasteiger partial charge in [-0.15, -0.1) is 9.80 Å². The van der Waals surface area contributed by atoms with Gasteiger partial charge in [0.1, 0.15) is 0 Å². The van der Waals surface area contributed by atoms with E-state index in [1.165, 1.54) is 0 Å². The maximum atomic E-state index is 13.5. The lowest BCUT2D eigenvalue weighted by Crippen LogP contribution is -2.86. The minimum atomic E-state index is -7.98. The molecular weight excluding hydrogens is 821 g/mol. The second-order valence-corrected chi connectivity index (χ2v) is 9.81. The Morgan fingerprint density at radius 2 is 0.700 bits per heavy atom. The van der Waals surface area contributed by atoms with E-state index >= 15 is 0 Å². The van der Waals surface area contributed by atoms with Gasteiger partial charge in [-0.1, -0.05) is 0 Å². The van der Waals surface area contributed by atoms with Crippen molar-refractivity contribution in [2.45, 2.75) is 103 Å². The Balaban J connectivity index is 0.000000502. The molecule has 0 saturated carbocycles. The monoisotopic (exact) mass is 826 g/mol. The van der Waals surface area contributed by atoms with Crippen molar-refractivity contribution in [3.05, 3.63) is 0 Å². The summed E-state index contributed by atoms with van der Waals surface area (Å²) in [5, 5.41) is 0. The van der Waals surface area contributed by atoms with E-state index in [2.05, 4.69) is 0 Å². The van der Waals surface area contributed by atoms with E-state index in [1.807, 2.05) is 0 Å². The molecule has 0 spiro atoms. The Morgan fingerprint density at radius 3 is 0.960 bits per heavy atom. The zero-order chi connectivity index (χ0) is 41.4. The van der Waals surface area contributed by atoms with Crippen LogP contribution < -0.4 is 0 Å². The van der Waals surface area contributed by atoms with Crippen LogP contribution in [0.3, 0.4) is 0 Å². The third-order valence-electron chi connectivity index (χ3n) is 6.51. The summed E-state index contributed by atoms with van der Waals surface area (Å²) in [6.07, 6.45) is -25.8. The van der Waals surface area contributed by atoms with Crippen LogP contribution in [0.15, 0.2) is 0 Å². The first-order chi connectivity index (χ1) is 20.9. The van der Waals surface area contributed by atoms with E-state index in [1.54, 1.807) is 0 Å². The zero-order valence-corrected chi connectivity index (χ0v) is 21.8. The molecule has 0 amide bonds. The van der Waals surface area contributed by atoms with Gasteiger partial charge in [-0.2, -0.15) is 127 Å². The SMILES string of the molecule is CC1(F)C(F)(F)N(C(F)(F)C(F)(F)C(F)(F)F)C(F)(F)C(F)(F)C1(F)F.FC1(F)CC(F)(C(F)(F)F)C(F)(F)N1C(F)(F)C(F)(F)C(F)(F)F. The average molecular weight is 826 g/mol. The number of rotatable bonds is 4. The number of alkyl halides is 31. The van der Waals surface area contributed by atoms with Crippen LogP contribution in [0.4, 0.5) is 136 Å². The molecule has 0 bridgehead atoms. The quantitative estimate of drug-likeness (QED) is 0.206. The highest BCUT2D eigenvalue weighted by molar-refractivity contribution is 5.19. The van der Waals surface area contributed by atoms with E-state index in [9.17, 15) is 136 Å². The molecule has 0 aromatic heterocycles. The summed E-state index contributed by atoms with van der Waals surface area (Å²) in [7, 11) is 0. The van der Waals surface area contributed by atoms with E-state index in [0.29, 0.717) is 0 Å². The predicted octanol–water partition coefficient (Wildman–Crippen LogP) is 10.2. The fourth-order valence-corrected chi connectivity index (χ4v) is 3.69. The highest BCUT2D eigenvalue weighted by Gasteiger charge is 2.98. The first-order valence-electron chi connectivity index (χ1n) is 10.9. The topological polar surface area (TPSA) is 6.48 Å². The van der Waals surface area contributed by atoms with E-state index in [4.69, 9.17) is 0 Å². The Hall–Kier alpha value is -2.25. The second-order valence-electron chi connectivity index (χ2n) is 9.81. The van der Waals surface area contributed by atoms with Gasteiger partial charge in [0.05, 0.1) is 6.42 Å². The summed E-state index contributed by atoms with van der Waals surface area (Å²) < 4.78 is 397. The molecular formula is C17H5F31N2. The van der Waals surface area contributed by atoms with Crippen LogP contribution >= 0.6 is 0 Å². The van der Waals surface area contributed by atoms with Crippen molar-refractivity contribution >= 4 is 0 Å². The second kappa shape index (κ2) is 10.9. The van der Waals surface area contributed by atoms with Gasteiger partial charge in [-0.3, -0.25) is 0 Å². The van der Waals surface area contributed by atoms with Crippen molar-refractivity contribution in [3.63, 3.8) is 0 Å². The molecule has 300 valence electrons. The Bertz CT molecular complexity index is 1230. The van der Waals surface area contributed by atoms with Gasteiger partial charge in [0, 0.05) is 0 Å². The summed E-state index contributed by atoms with van der Waals surface area (Å²) in [5.41, 5.74) is -12.9. The molecule has 33 heteroatoms. The van der Waals surface area contributed by atoms with Crippen molar-refractivity contribution < 1.29 is 136 Å². The Kier molecular flexibility index (Phi) is 9.98. The van der Waals surface area contributed by atoms with Crippen LogP contribution in [-0.2, 0) is 0 Å². The lowest BCUT2D eigenvalue weighted by atomic mass is 9.84. The number of nitrogens with zero attached hydrogens (tertiary/aromatic N) is 2. The third-order valence-corrected chi connectivity index (χ3v) is 6.51. The van der Waals surface area contributed by atoms with Crippen molar-refractivity contribution in [3.8, 4) is 0 Å². The van der Waals surface area contributed by atoms with Crippen LogP contribution in [0.2, 0.25) is 0 Å². The van der Waals surface area contributed by atoms with Crippen LogP contribution in [0, 0.1) is 0 Å². The summed E-state index contributed by atoms with van der Waals surface area (Å²) in [6, 6.07) is -44.2. The van der Waals surface area contributed by atoms with Gasteiger partial charge in [-0.05, 0) is 6.92 Å². The van der Waals surface area contributed by atoms with Gasteiger partial charge in [0.2, 0.25) is 0 Å². The molecule has 2 aliphatic rings. The first-order valence-corrected chi connectivity index (χ1v) is 10.9. The van der Waals surface area contributed by atoms with Gasteiger partial charge >= 0.3 is 78.5 Å². The predicted molar refractivity (Wildman–Crippen MR) is 89.3 cm³/mol. The van der Waals surface area contributed by atoms with Crippen molar-refractivity contribution in [2.75, 3.05) is 0 Å². The summed E-state index contributed by atoms with van der Waals surface area (Å²) in [4.78, 5) is -7.86. The number of hydrogen-bond donors (Lipinski definition) is 0. The van der Waals surface area contributed by atoms with Gasteiger partial charge < -0.3 is 0 Å². The molecule has 2 unspecified atom stereocenters.